The zero-order chi connectivity index (χ0) is 14.4. The van der Waals surface area contributed by atoms with Gasteiger partial charge in [-0.25, -0.2) is 4.98 Å². The molecule has 1 N–H and O–H groups in total. The van der Waals surface area contributed by atoms with Gasteiger partial charge in [-0.15, -0.1) is 0 Å². The van der Waals surface area contributed by atoms with Crippen LogP contribution in [0, 0.1) is 0 Å². The van der Waals surface area contributed by atoms with Gasteiger partial charge in [0.25, 0.3) is 0 Å². The predicted octanol–water partition coefficient (Wildman–Crippen LogP) is 0.829. The summed E-state index contributed by atoms with van der Waals surface area (Å²) in [5.41, 5.74) is 1.66. The molecule has 0 fully saturated rings. The lowest BCUT2D eigenvalue weighted by Crippen LogP contribution is -2.37. The van der Waals surface area contributed by atoms with Gasteiger partial charge in [0.1, 0.15) is 5.82 Å². The molecular formula is C14H18N4O2. The number of carbonyl (C=O) groups is 1. The first-order valence-electron chi connectivity index (χ1n) is 6.39. The number of para-hydroxylation sites is 2. The maximum Gasteiger partial charge on any atom is 0.239 e. The van der Waals surface area contributed by atoms with Gasteiger partial charge in [0.2, 0.25) is 5.91 Å². The van der Waals surface area contributed by atoms with Gasteiger partial charge in [0.05, 0.1) is 30.4 Å². The van der Waals surface area contributed by atoms with Crippen molar-refractivity contribution in [2.75, 3.05) is 38.8 Å². The number of likely N-dealkylation sites (N-methyl/N-ethyl adjacent to an activating group) is 1. The lowest BCUT2D eigenvalue weighted by Gasteiger charge is -2.17. The van der Waals surface area contributed by atoms with Crippen molar-refractivity contribution < 1.29 is 9.53 Å². The van der Waals surface area contributed by atoms with Crippen LogP contribution in [-0.4, -0.2) is 49.7 Å². The molecule has 6 heteroatoms. The molecule has 1 amide bonds. The molecule has 0 bridgehead atoms. The molecule has 20 heavy (non-hydrogen) atoms. The summed E-state index contributed by atoms with van der Waals surface area (Å²) in [4.78, 5) is 22.3. The van der Waals surface area contributed by atoms with Crippen molar-refractivity contribution in [3.8, 4) is 0 Å². The van der Waals surface area contributed by atoms with Crippen molar-refractivity contribution in [2.24, 2.45) is 0 Å². The van der Waals surface area contributed by atoms with Crippen LogP contribution < -0.4 is 10.2 Å². The second kappa shape index (κ2) is 6.81. The van der Waals surface area contributed by atoms with Gasteiger partial charge < -0.3 is 15.0 Å². The van der Waals surface area contributed by atoms with Crippen molar-refractivity contribution in [2.45, 2.75) is 0 Å². The Morgan fingerprint density at radius 2 is 2.10 bits per heavy atom. The number of aromatic nitrogens is 2. The van der Waals surface area contributed by atoms with Gasteiger partial charge in [-0.2, -0.15) is 0 Å². The summed E-state index contributed by atoms with van der Waals surface area (Å²) < 4.78 is 4.88. The second-order valence-electron chi connectivity index (χ2n) is 4.42. The smallest absolute Gasteiger partial charge is 0.239 e. The standard InChI is InChI=1S/C14H18N4O2/c1-18(10-14(19)15-7-8-20-2)13-9-16-11-5-3-4-6-12(11)17-13/h3-6,9H,7-8,10H2,1-2H3,(H,15,19). The zero-order valence-electron chi connectivity index (χ0n) is 11.7. The summed E-state index contributed by atoms with van der Waals surface area (Å²) >= 11 is 0. The molecule has 0 atom stereocenters. The molecule has 2 rings (SSSR count). The van der Waals surface area contributed by atoms with Gasteiger partial charge in [-0.3, -0.25) is 9.78 Å². The molecule has 0 aliphatic heterocycles. The van der Waals surface area contributed by atoms with Crippen molar-refractivity contribution in [3.63, 3.8) is 0 Å². The number of fused-ring (bicyclic) bond motifs is 1. The van der Waals surface area contributed by atoms with Crippen molar-refractivity contribution >= 4 is 22.8 Å². The van der Waals surface area contributed by atoms with Crippen molar-refractivity contribution in [1.29, 1.82) is 0 Å². The molecule has 6 nitrogen and oxygen atoms in total. The molecule has 1 heterocycles. The maximum absolute atomic E-state index is 11.7. The van der Waals surface area contributed by atoms with Crippen LogP contribution >= 0.6 is 0 Å². The largest absolute Gasteiger partial charge is 0.383 e. The molecule has 0 saturated carbocycles. The van der Waals surface area contributed by atoms with E-state index in [9.17, 15) is 4.79 Å². The molecule has 1 aromatic carbocycles. The highest BCUT2D eigenvalue weighted by Gasteiger charge is 2.09. The van der Waals surface area contributed by atoms with E-state index in [4.69, 9.17) is 4.74 Å². The number of amides is 1. The highest BCUT2D eigenvalue weighted by atomic mass is 16.5. The molecule has 2 aromatic rings. The normalized spacial score (nSPS) is 10.5. The number of nitrogens with one attached hydrogen (secondary N) is 1. The Labute approximate surface area is 117 Å². The fourth-order valence-electron chi connectivity index (χ4n) is 1.78. The van der Waals surface area contributed by atoms with Crippen molar-refractivity contribution in [3.05, 3.63) is 30.5 Å². The topological polar surface area (TPSA) is 67.3 Å². The number of hydrogen-bond acceptors (Lipinski definition) is 5. The molecule has 0 saturated heterocycles. The van der Waals surface area contributed by atoms with E-state index in [1.165, 1.54) is 0 Å². The first-order chi connectivity index (χ1) is 9.70. The van der Waals surface area contributed by atoms with E-state index in [-0.39, 0.29) is 12.5 Å². The summed E-state index contributed by atoms with van der Waals surface area (Å²) in [6.07, 6.45) is 1.67. The third-order valence-corrected chi connectivity index (χ3v) is 2.84. The Balaban J connectivity index is 2.00. The van der Waals surface area contributed by atoms with Gasteiger partial charge in [-0.05, 0) is 12.1 Å². The summed E-state index contributed by atoms with van der Waals surface area (Å²) in [6, 6.07) is 7.64. The first kappa shape index (κ1) is 14.2. The number of benzene rings is 1. The third-order valence-electron chi connectivity index (χ3n) is 2.84. The van der Waals surface area contributed by atoms with Crippen LogP contribution in [0.2, 0.25) is 0 Å². The van der Waals surface area contributed by atoms with E-state index in [1.54, 1.807) is 18.2 Å². The van der Waals surface area contributed by atoms with Crippen LogP contribution in [0.15, 0.2) is 30.5 Å². The highest BCUT2D eigenvalue weighted by Crippen LogP contribution is 2.13. The molecule has 0 unspecified atom stereocenters. The first-order valence-corrected chi connectivity index (χ1v) is 6.39. The van der Waals surface area contributed by atoms with E-state index in [0.29, 0.717) is 19.0 Å². The Bertz CT molecular complexity index is 588. The highest BCUT2D eigenvalue weighted by molar-refractivity contribution is 5.81. The van der Waals surface area contributed by atoms with E-state index >= 15 is 0 Å². The molecular weight excluding hydrogens is 256 g/mol. The average Bonchev–Trinajstić information content (AvgIpc) is 2.47. The number of nitrogens with zero attached hydrogens (tertiary/aromatic N) is 3. The van der Waals surface area contributed by atoms with Crippen LogP contribution in [0.1, 0.15) is 0 Å². The molecule has 0 spiro atoms. The minimum Gasteiger partial charge on any atom is -0.383 e. The van der Waals surface area contributed by atoms with Gasteiger partial charge in [0.15, 0.2) is 0 Å². The van der Waals surface area contributed by atoms with Gasteiger partial charge in [-0.1, -0.05) is 12.1 Å². The van der Waals surface area contributed by atoms with Crippen LogP contribution in [0.25, 0.3) is 11.0 Å². The van der Waals surface area contributed by atoms with Crippen LogP contribution in [0.4, 0.5) is 5.82 Å². The molecule has 106 valence electrons. The molecule has 1 aromatic heterocycles. The number of methoxy groups -OCH3 is 1. The van der Waals surface area contributed by atoms with E-state index in [1.807, 2.05) is 31.3 Å². The zero-order valence-corrected chi connectivity index (χ0v) is 11.7. The van der Waals surface area contributed by atoms with Crippen LogP contribution in [0.3, 0.4) is 0 Å². The fraction of sp³-hybridized carbons (Fsp3) is 0.357. The summed E-state index contributed by atoms with van der Waals surface area (Å²) in [6.45, 7) is 1.24. The Hall–Kier alpha value is -2.21. The number of hydrogen-bond donors (Lipinski definition) is 1. The average molecular weight is 274 g/mol. The second-order valence-corrected chi connectivity index (χ2v) is 4.42. The van der Waals surface area contributed by atoms with Gasteiger partial charge in [0, 0.05) is 20.7 Å². The van der Waals surface area contributed by atoms with E-state index < -0.39 is 0 Å². The van der Waals surface area contributed by atoms with E-state index in [0.717, 1.165) is 11.0 Å². The minimum atomic E-state index is -0.0699. The number of rotatable bonds is 6. The van der Waals surface area contributed by atoms with E-state index in [2.05, 4.69) is 15.3 Å². The minimum absolute atomic E-state index is 0.0699. The summed E-state index contributed by atoms with van der Waals surface area (Å²) in [5.74, 6) is 0.602. The molecule has 0 radical (unpaired) electrons. The predicted molar refractivity (Wildman–Crippen MR) is 77.7 cm³/mol. The fourth-order valence-corrected chi connectivity index (χ4v) is 1.78. The quantitative estimate of drug-likeness (QED) is 0.790. The number of carbonyl (C=O) groups excluding carboxylic acids is 1. The van der Waals surface area contributed by atoms with Crippen LogP contribution in [-0.2, 0) is 9.53 Å². The SMILES string of the molecule is COCCNC(=O)CN(C)c1cnc2ccccc2n1. The third kappa shape index (κ3) is 3.64. The van der Waals surface area contributed by atoms with Crippen molar-refractivity contribution in [1.82, 2.24) is 15.3 Å². The Morgan fingerprint density at radius 3 is 2.85 bits per heavy atom. The lowest BCUT2D eigenvalue weighted by molar-refractivity contribution is -0.119. The summed E-state index contributed by atoms with van der Waals surface area (Å²) in [5, 5.41) is 2.77. The Kier molecular flexibility index (Phi) is 4.84. The summed E-state index contributed by atoms with van der Waals surface area (Å²) in [7, 11) is 3.41. The number of ether oxygens (including phenoxy) is 1. The monoisotopic (exact) mass is 274 g/mol. The lowest BCUT2D eigenvalue weighted by atomic mass is 10.3. The maximum atomic E-state index is 11.7. The molecule has 0 aliphatic rings. The molecule has 0 aliphatic carbocycles. The Morgan fingerprint density at radius 1 is 1.35 bits per heavy atom. The van der Waals surface area contributed by atoms with Crippen LogP contribution in [0.5, 0.6) is 0 Å². The number of anilines is 1. The van der Waals surface area contributed by atoms with Gasteiger partial charge >= 0.3 is 0 Å².